The zero-order valence-electron chi connectivity index (χ0n) is 17.6. The monoisotopic (exact) mass is 417 g/mol. The van der Waals surface area contributed by atoms with Crippen LogP contribution in [0.5, 0.6) is 5.75 Å². The smallest absolute Gasteiger partial charge is 0.170 e. The van der Waals surface area contributed by atoms with Crippen LogP contribution in [-0.4, -0.2) is 24.6 Å². The number of halogens is 2. The molecule has 1 aliphatic rings. The quantitative estimate of drug-likeness (QED) is 0.144. The molecule has 1 aliphatic heterocycles. The van der Waals surface area contributed by atoms with Gasteiger partial charge < -0.3 is 4.74 Å². The Hall–Kier alpha value is -2.38. The Labute approximate surface area is 178 Å². The number of ether oxygens (including phenoxy) is 1. The summed E-state index contributed by atoms with van der Waals surface area (Å²) in [5.41, 5.74) is 3.22. The number of nitrogens with zero attached hydrogens (tertiary/aromatic N) is 1. The van der Waals surface area contributed by atoms with Gasteiger partial charge in [-0.1, -0.05) is 25.5 Å². The fourth-order valence-electron chi connectivity index (χ4n) is 2.91. The van der Waals surface area contributed by atoms with E-state index in [0.29, 0.717) is 24.4 Å². The Morgan fingerprint density at radius 3 is 2.69 bits per heavy atom. The number of hydrogen-bond acceptors (Lipinski definition) is 3. The van der Waals surface area contributed by atoms with E-state index in [0.717, 1.165) is 29.6 Å². The first-order chi connectivity index (χ1) is 13.9. The van der Waals surface area contributed by atoms with Gasteiger partial charge in [-0.3, -0.25) is 9.79 Å². The molecule has 0 N–H and O–H groups in total. The molecule has 0 spiro atoms. The van der Waals surface area contributed by atoms with Crippen molar-refractivity contribution < 1.29 is 13.9 Å². The molecule has 1 aromatic carbocycles. The molecule has 1 unspecified atom stereocenters. The molecular weight excluding hydrogens is 389 g/mol. The number of alkyl halides is 1. The van der Waals surface area contributed by atoms with Crippen molar-refractivity contribution in [2.75, 3.05) is 12.6 Å². The largest absolute Gasteiger partial charge is 0.493 e. The van der Waals surface area contributed by atoms with Gasteiger partial charge in [0.1, 0.15) is 17.6 Å². The van der Waals surface area contributed by atoms with Crippen LogP contribution in [0, 0.1) is 24.1 Å². The van der Waals surface area contributed by atoms with Crippen LogP contribution in [0.15, 0.2) is 46.0 Å². The van der Waals surface area contributed by atoms with Crippen molar-refractivity contribution in [1.82, 2.24) is 0 Å². The normalized spacial score (nSPS) is 16.7. The van der Waals surface area contributed by atoms with Gasteiger partial charge in [-0.2, -0.15) is 0 Å². The summed E-state index contributed by atoms with van der Waals surface area (Å²) in [6.45, 7) is 8.08. The van der Waals surface area contributed by atoms with Crippen LogP contribution in [0.3, 0.4) is 0 Å². The van der Waals surface area contributed by atoms with Crippen LogP contribution in [0.4, 0.5) is 4.39 Å². The van der Waals surface area contributed by atoms with E-state index < -0.39 is 0 Å². The summed E-state index contributed by atoms with van der Waals surface area (Å²) < 4.78 is 19.1. The zero-order valence-corrected chi connectivity index (χ0v) is 18.4. The summed E-state index contributed by atoms with van der Waals surface area (Å²) in [4.78, 5) is 17.2. The molecule has 29 heavy (non-hydrogen) atoms. The predicted molar refractivity (Wildman–Crippen MR) is 119 cm³/mol. The number of hydrogen-bond donors (Lipinski definition) is 0. The highest BCUT2D eigenvalue weighted by molar-refractivity contribution is 6.18. The van der Waals surface area contributed by atoms with Crippen molar-refractivity contribution in [2.45, 2.75) is 47.0 Å². The maximum Gasteiger partial charge on any atom is 0.170 e. The van der Waals surface area contributed by atoms with Gasteiger partial charge in [-0.05, 0) is 50.5 Å². The Balaban J connectivity index is 0.000000960. The summed E-state index contributed by atoms with van der Waals surface area (Å²) in [6, 6.07) is 4.56. The number of aliphatic imine (C=N–C) groups is 1. The number of terminal acetylenes is 1. The molecule has 0 amide bonds. The molecule has 0 fully saturated rings. The summed E-state index contributed by atoms with van der Waals surface area (Å²) in [5, 5.41) is 0. The molecule has 1 aromatic rings. The highest BCUT2D eigenvalue weighted by Gasteiger charge is 2.29. The average Bonchev–Trinajstić information content (AvgIpc) is 2.75. The second-order valence-electron chi connectivity index (χ2n) is 6.57. The molecule has 0 bridgehead atoms. The third-order valence-electron chi connectivity index (χ3n) is 4.63. The van der Waals surface area contributed by atoms with Crippen LogP contribution < -0.4 is 4.74 Å². The van der Waals surface area contributed by atoms with Gasteiger partial charge in [0.2, 0.25) is 0 Å². The lowest BCUT2D eigenvalue weighted by Crippen LogP contribution is -2.30. The van der Waals surface area contributed by atoms with Crippen molar-refractivity contribution in [3.05, 3.63) is 52.4 Å². The minimum atomic E-state index is -0.343. The van der Waals surface area contributed by atoms with E-state index in [9.17, 15) is 9.18 Å². The summed E-state index contributed by atoms with van der Waals surface area (Å²) in [5.74, 6) is 2.40. The minimum absolute atomic E-state index is 0.0127. The maximum absolute atomic E-state index is 13.5. The van der Waals surface area contributed by atoms with Gasteiger partial charge in [0.15, 0.2) is 5.78 Å². The molecule has 1 heterocycles. The van der Waals surface area contributed by atoms with E-state index in [-0.39, 0.29) is 23.5 Å². The number of carbonyl (C=O) groups is 1. The fraction of sp³-hybridized carbons (Fsp3) is 0.417. The number of fused-ring (bicyclic) bond motifs is 1. The molecule has 0 aliphatic carbocycles. The van der Waals surface area contributed by atoms with Crippen LogP contribution in [0.25, 0.3) is 0 Å². The molecule has 1 atom stereocenters. The van der Waals surface area contributed by atoms with E-state index in [1.165, 1.54) is 12.1 Å². The van der Waals surface area contributed by atoms with Gasteiger partial charge in [0, 0.05) is 23.8 Å². The number of allylic oxidation sites excluding steroid dienone is 4. The number of ketones is 1. The zero-order chi connectivity index (χ0) is 21.8. The van der Waals surface area contributed by atoms with E-state index in [1.54, 1.807) is 18.4 Å². The lowest BCUT2D eigenvalue weighted by molar-refractivity contribution is -0.120. The molecule has 0 saturated heterocycles. The predicted octanol–water partition coefficient (Wildman–Crippen LogP) is 5.92. The standard InChI is InChI=1S/C20H23ClFNO2.C4H6/c1-4-13(3)18(10-23-12-21)17(5-2)20(24)15-8-14-9-16(22)6-7-19(14)25-11-15;1-3-4-2/h5-7,9-10,15H,4,8,11-12H2,1-3H3;1H,4H2,2H3/b17-5+,18-13-,23-10-;. The van der Waals surface area contributed by atoms with Gasteiger partial charge in [0.25, 0.3) is 0 Å². The van der Waals surface area contributed by atoms with Crippen molar-refractivity contribution in [2.24, 2.45) is 10.9 Å². The molecular formula is C24H29ClFNO2. The second kappa shape index (κ2) is 13.0. The molecule has 5 heteroatoms. The molecule has 0 saturated carbocycles. The first kappa shape index (κ1) is 24.7. The third kappa shape index (κ3) is 7.18. The Bertz CT molecular complexity index is 834. The van der Waals surface area contributed by atoms with E-state index in [1.807, 2.05) is 27.7 Å². The minimum Gasteiger partial charge on any atom is -0.493 e. The van der Waals surface area contributed by atoms with Crippen LogP contribution in [0.2, 0.25) is 0 Å². The topological polar surface area (TPSA) is 38.7 Å². The summed E-state index contributed by atoms with van der Waals surface area (Å²) >= 11 is 5.66. The SMILES string of the molecule is C#CCC.C\C=C(C(=O)C1COc2ccc(F)cc2C1)/C(/C=N\CCl)=C(/C)CC. The number of benzene rings is 1. The van der Waals surface area contributed by atoms with E-state index in [4.69, 9.17) is 22.8 Å². The number of Topliss-reactive ketones (excluding diaryl/α,β-unsaturated/α-hetero) is 1. The van der Waals surface area contributed by atoms with Crippen molar-refractivity contribution in [3.8, 4) is 18.1 Å². The van der Waals surface area contributed by atoms with Crippen LogP contribution in [-0.2, 0) is 11.2 Å². The third-order valence-corrected chi connectivity index (χ3v) is 4.77. The van der Waals surface area contributed by atoms with E-state index in [2.05, 4.69) is 10.9 Å². The molecule has 2 rings (SSSR count). The molecule has 0 aromatic heterocycles. The second-order valence-corrected chi connectivity index (χ2v) is 6.81. The first-order valence-electron chi connectivity index (χ1n) is 9.74. The van der Waals surface area contributed by atoms with Gasteiger partial charge in [0.05, 0.1) is 12.5 Å². The van der Waals surface area contributed by atoms with Crippen molar-refractivity contribution in [3.63, 3.8) is 0 Å². The van der Waals surface area contributed by atoms with Crippen molar-refractivity contribution in [1.29, 1.82) is 0 Å². The maximum atomic E-state index is 13.5. The van der Waals surface area contributed by atoms with Crippen LogP contribution in [0.1, 0.15) is 46.1 Å². The average molecular weight is 418 g/mol. The van der Waals surface area contributed by atoms with Crippen molar-refractivity contribution >= 4 is 23.6 Å². The first-order valence-corrected chi connectivity index (χ1v) is 10.3. The highest BCUT2D eigenvalue weighted by Crippen LogP contribution is 2.31. The Kier molecular flexibility index (Phi) is 11.0. The lowest BCUT2D eigenvalue weighted by atomic mass is 9.85. The van der Waals surface area contributed by atoms with Gasteiger partial charge in [-0.25, -0.2) is 4.39 Å². The lowest BCUT2D eigenvalue weighted by Gasteiger charge is -2.25. The van der Waals surface area contributed by atoms with E-state index >= 15 is 0 Å². The van der Waals surface area contributed by atoms with Gasteiger partial charge in [-0.15, -0.1) is 23.9 Å². The molecule has 156 valence electrons. The molecule has 0 radical (unpaired) electrons. The fourth-order valence-corrected chi connectivity index (χ4v) is 2.98. The number of rotatable bonds is 6. The Morgan fingerprint density at radius 2 is 2.14 bits per heavy atom. The number of carbonyl (C=O) groups excluding carboxylic acids is 1. The summed E-state index contributed by atoms with van der Waals surface area (Å²) in [6.07, 6.45) is 10.4. The molecule has 3 nitrogen and oxygen atoms in total. The highest BCUT2D eigenvalue weighted by atomic mass is 35.5. The Morgan fingerprint density at radius 1 is 1.45 bits per heavy atom. The van der Waals surface area contributed by atoms with Gasteiger partial charge >= 0.3 is 0 Å². The van der Waals surface area contributed by atoms with Crippen LogP contribution >= 0.6 is 11.6 Å². The summed E-state index contributed by atoms with van der Waals surface area (Å²) in [7, 11) is 0.